The number of amides is 1. The van der Waals surface area contributed by atoms with E-state index in [2.05, 4.69) is 9.68 Å². The first kappa shape index (κ1) is 29.3. The molecule has 14 nitrogen and oxygen atoms in total. The number of nitrogens with zero attached hydrogens (tertiary/aromatic N) is 3. The predicted octanol–water partition coefficient (Wildman–Crippen LogP) is 2.50. The number of aliphatic hydroxyl groups excluding tert-OH is 1. The van der Waals surface area contributed by atoms with Gasteiger partial charge in [0.25, 0.3) is 0 Å². The molecule has 1 aliphatic rings. The van der Waals surface area contributed by atoms with Crippen molar-refractivity contribution in [1.82, 2.24) is 0 Å². The molecule has 0 aromatic heterocycles. The monoisotopic (exact) mass is 568 g/mol. The molecule has 1 unspecified atom stereocenters. The molecule has 15 heteroatoms. The Morgan fingerprint density at radius 2 is 1.64 bits per heavy atom. The van der Waals surface area contributed by atoms with E-state index >= 15 is 0 Å². The number of hydrogen-bond donors (Lipinski definition) is 3. The van der Waals surface area contributed by atoms with Crippen molar-refractivity contribution in [2.24, 2.45) is 5.41 Å². The Hall–Kier alpha value is -4.30. The third-order valence-corrected chi connectivity index (χ3v) is 6.46. The van der Waals surface area contributed by atoms with E-state index in [4.69, 9.17) is 31.5 Å². The van der Waals surface area contributed by atoms with E-state index in [9.17, 15) is 24.5 Å². The van der Waals surface area contributed by atoms with Crippen LogP contribution in [-0.2, 0) is 19.2 Å². The molecule has 1 atom stereocenters. The van der Waals surface area contributed by atoms with Crippen molar-refractivity contribution < 1.29 is 59.0 Å². The van der Waals surface area contributed by atoms with Crippen LogP contribution in [0.5, 0.6) is 5.75 Å². The molecule has 0 fully saturated rings. The van der Waals surface area contributed by atoms with Crippen molar-refractivity contribution in [1.29, 1.82) is 0 Å². The third kappa shape index (κ3) is 6.97. The molecule has 3 rings (SSSR count). The van der Waals surface area contributed by atoms with Gasteiger partial charge in [0.1, 0.15) is 27.6 Å². The first-order valence-electron chi connectivity index (χ1n) is 11.5. The first-order valence-corrected chi connectivity index (χ1v) is 11.8. The summed E-state index contributed by atoms with van der Waals surface area (Å²) < 4.78 is 12.1. The van der Waals surface area contributed by atoms with Gasteiger partial charge < -0.3 is 14.6 Å². The van der Waals surface area contributed by atoms with Crippen LogP contribution in [-0.4, -0.2) is 81.4 Å². The maximum absolute atomic E-state index is 13.4. The van der Waals surface area contributed by atoms with Crippen molar-refractivity contribution >= 4 is 34.9 Å². The highest BCUT2D eigenvalue weighted by molar-refractivity contribution is 6.30. The minimum atomic E-state index is -1.70. The number of benzene rings is 2. The number of carbonyl (C=O) groups excluding carboxylic acids is 2. The number of fused-ring (bicyclic) bond motifs is 1. The number of rotatable bonds is 13. The maximum Gasteiger partial charge on any atom is 0.475 e. The molecule has 0 saturated carbocycles. The average Bonchev–Trinajstić information content (AvgIpc) is 3.18. The fraction of sp³-hybridized carbons (Fsp3) is 0.375. The van der Waals surface area contributed by atoms with Gasteiger partial charge in [-0.3, -0.25) is 4.79 Å². The molecule has 3 N–H and O–H groups in total. The van der Waals surface area contributed by atoms with Gasteiger partial charge in [-0.15, -0.1) is 4.58 Å². The summed E-state index contributed by atoms with van der Waals surface area (Å²) in [6, 6.07) is 11.5. The van der Waals surface area contributed by atoms with Crippen molar-refractivity contribution in [2.75, 3.05) is 33.5 Å². The second kappa shape index (κ2) is 12.5. The topological polar surface area (TPSA) is 175 Å². The van der Waals surface area contributed by atoms with Crippen LogP contribution in [0.25, 0.3) is 0 Å². The zero-order valence-corrected chi connectivity index (χ0v) is 21.7. The number of esters is 1. The lowest BCUT2D eigenvalue weighted by molar-refractivity contribution is -0.983. The molecule has 0 bridgehead atoms. The second-order valence-corrected chi connectivity index (χ2v) is 9.25. The third-order valence-electron chi connectivity index (χ3n) is 6.21. The van der Waals surface area contributed by atoms with E-state index in [0.717, 1.165) is 0 Å². The fourth-order valence-electron chi connectivity index (χ4n) is 4.07. The van der Waals surface area contributed by atoms with Crippen LogP contribution in [0.1, 0.15) is 35.2 Å². The van der Waals surface area contributed by atoms with Crippen molar-refractivity contribution in [3.63, 3.8) is 0 Å². The summed E-state index contributed by atoms with van der Waals surface area (Å²) >= 11 is 5.96. The van der Waals surface area contributed by atoms with E-state index < -0.39 is 53.9 Å². The number of carbonyl (C=O) groups is 2. The van der Waals surface area contributed by atoms with Gasteiger partial charge in [0.05, 0.1) is 31.6 Å². The summed E-state index contributed by atoms with van der Waals surface area (Å²) in [5, 5.41) is 26.0. The van der Waals surface area contributed by atoms with Crippen LogP contribution in [0, 0.1) is 15.2 Å². The Bertz CT molecular complexity index is 1280. The minimum Gasteiger partial charge on any atom is -0.497 e. The number of aliphatic hydroxyl groups is 1. The van der Waals surface area contributed by atoms with Crippen molar-refractivity contribution in [3.05, 3.63) is 68.4 Å². The van der Waals surface area contributed by atoms with Crippen molar-refractivity contribution in [3.8, 4) is 5.75 Å². The van der Waals surface area contributed by atoms with Crippen LogP contribution in [0.15, 0.2) is 42.5 Å². The molecule has 0 radical (unpaired) electrons. The number of halogens is 1. The lowest BCUT2D eigenvalue weighted by Crippen LogP contribution is -2.43. The Morgan fingerprint density at radius 1 is 1.03 bits per heavy atom. The zero-order chi connectivity index (χ0) is 28.7. The number of hydrogen-bond acceptors (Lipinski definition) is 9. The molecular weight excluding hydrogens is 542 g/mol. The Balaban J connectivity index is 1.86. The van der Waals surface area contributed by atoms with Gasteiger partial charge in [-0.05, 0) is 36.4 Å². The summed E-state index contributed by atoms with van der Waals surface area (Å²) in [6.45, 7) is -1.20. The summed E-state index contributed by atoms with van der Waals surface area (Å²) in [5.41, 5.74) is 0.410. The Morgan fingerprint density at radius 3 is 2.18 bits per heavy atom. The normalized spacial score (nSPS) is 14.4. The predicted molar refractivity (Wildman–Crippen MR) is 130 cm³/mol. The molecule has 1 amide bonds. The SMILES string of the molecule is COc1ccc2c(c1)C(CC(=O)OCC(CO)(CO[N+](=O)O)CO[N+](=O)O)C(C)=[N+]2C(=O)c1ccc(Cl)cc1. The van der Waals surface area contributed by atoms with Gasteiger partial charge in [0.15, 0.2) is 18.9 Å². The van der Waals surface area contributed by atoms with Crippen LogP contribution in [0.4, 0.5) is 5.69 Å². The molecule has 0 saturated heterocycles. The van der Waals surface area contributed by atoms with Gasteiger partial charge in [0.2, 0.25) is 5.69 Å². The summed E-state index contributed by atoms with van der Waals surface area (Å²) in [6.07, 6.45) is -0.235. The minimum absolute atomic E-state index is 0.235. The smallest absolute Gasteiger partial charge is 0.475 e. The standard InChI is InChI=1S/C24H27ClN3O11/c1-15-19(10-22(30)37-12-24(11-29,13-38-27(32)33)14-39-28(34)35)20-9-18(36-2)7-8-21(20)26(15)23(31)16-3-5-17(25)6-4-16/h3-9,19,29H,10-14H2,1-2H3,(H,32,33)(H,34,35)/q+3. The van der Waals surface area contributed by atoms with Crippen LogP contribution < -0.4 is 4.74 Å². The fourth-order valence-corrected chi connectivity index (χ4v) is 4.19. The number of ether oxygens (including phenoxy) is 2. The molecule has 1 aliphatic heterocycles. The van der Waals surface area contributed by atoms with E-state index in [1.54, 1.807) is 49.4 Å². The lowest BCUT2D eigenvalue weighted by Gasteiger charge is -2.24. The largest absolute Gasteiger partial charge is 0.497 e. The van der Waals surface area contributed by atoms with Gasteiger partial charge in [0, 0.05) is 23.6 Å². The number of methoxy groups -OCH3 is 1. The highest BCUT2D eigenvalue weighted by atomic mass is 35.5. The molecule has 1 heterocycles. The molecule has 39 heavy (non-hydrogen) atoms. The summed E-state index contributed by atoms with van der Waals surface area (Å²) in [5.74, 6) is -1.19. The highest BCUT2D eigenvalue weighted by Gasteiger charge is 2.44. The van der Waals surface area contributed by atoms with Crippen molar-refractivity contribution in [2.45, 2.75) is 19.3 Å². The van der Waals surface area contributed by atoms with E-state index in [1.807, 2.05) is 0 Å². The summed E-state index contributed by atoms with van der Waals surface area (Å²) in [7, 11) is 1.48. The average molecular weight is 569 g/mol. The van der Waals surface area contributed by atoms with Gasteiger partial charge >= 0.3 is 22.0 Å². The quantitative estimate of drug-likeness (QED) is 0.184. The van der Waals surface area contributed by atoms with Gasteiger partial charge in [-0.25, -0.2) is 15.2 Å². The zero-order valence-electron chi connectivity index (χ0n) is 21.0. The molecule has 208 valence electrons. The Kier molecular flexibility index (Phi) is 9.37. The molecule has 2 aromatic carbocycles. The van der Waals surface area contributed by atoms with Crippen LogP contribution in [0.3, 0.4) is 0 Å². The lowest BCUT2D eigenvalue weighted by atomic mass is 9.92. The Labute approximate surface area is 226 Å². The van der Waals surface area contributed by atoms with Crippen LogP contribution >= 0.6 is 11.6 Å². The van der Waals surface area contributed by atoms with E-state index in [-0.39, 0.29) is 12.3 Å². The first-order chi connectivity index (χ1) is 18.5. The molecular formula is C24H27ClN3O11+3. The highest BCUT2D eigenvalue weighted by Crippen LogP contribution is 2.40. The second-order valence-electron chi connectivity index (χ2n) is 8.81. The maximum atomic E-state index is 13.4. The van der Waals surface area contributed by atoms with Gasteiger partial charge in [-0.1, -0.05) is 11.6 Å². The molecule has 0 spiro atoms. The van der Waals surface area contributed by atoms with Crippen LogP contribution in [0.2, 0.25) is 5.02 Å². The van der Waals surface area contributed by atoms with E-state index in [0.29, 0.717) is 33.3 Å². The van der Waals surface area contributed by atoms with E-state index in [1.165, 1.54) is 11.7 Å². The molecule has 2 aromatic rings. The summed E-state index contributed by atoms with van der Waals surface area (Å²) in [4.78, 5) is 56.7. The molecule has 0 aliphatic carbocycles. The van der Waals surface area contributed by atoms with Gasteiger partial charge in [-0.2, -0.15) is 9.68 Å².